The first-order valence-electron chi connectivity index (χ1n) is 3.82. The normalized spacial score (nSPS) is 26.2. The van der Waals surface area contributed by atoms with E-state index >= 15 is 0 Å². The number of thiol groups is 1. The van der Waals surface area contributed by atoms with Crippen molar-refractivity contribution >= 4 is 30.2 Å². The van der Waals surface area contributed by atoms with E-state index in [1.54, 1.807) is 6.21 Å². The first-order chi connectivity index (χ1) is 5.67. The predicted octanol–water partition coefficient (Wildman–Crippen LogP) is 2.46. The van der Waals surface area contributed by atoms with Gasteiger partial charge in [-0.2, -0.15) is 0 Å². The van der Waals surface area contributed by atoms with Crippen molar-refractivity contribution in [2.45, 2.75) is 11.8 Å². The van der Waals surface area contributed by atoms with Crippen LogP contribution in [0.3, 0.4) is 0 Å². The molecule has 1 N–H and O–H groups in total. The quantitative estimate of drug-likeness (QED) is 0.586. The highest BCUT2D eigenvalue weighted by Gasteiger charge is 2.20. The second-order valence-electron chi connectivity index (χ2n) is 3.05. The van der Waals surface area contributed by atoms with Gasteiger partial charge in [-0.05, 0) is 19.1 Å². The van der Waals surface area contributed by atoms with Crippen LogP contribution in [0.2, 0.25) is 0 Å². The highest BCUT2D eigenvalue weighted by Crippen LogP contribution is 2.31. The maximum Gasteiger partial charge on any atom is 0.114 e. The zero-order valence-electron chi connectivity index (χ0n) is 6.78. The molecule has 62 valence electrons. The van der Waals surface area contributed by atoms with Crippen LogP contribution in [0.15, 0.2) is 29.3 Å². The van der Waals surface area contributed by atoms with Crippen molar-refractivity contribution in [3.63, 3.8) is 0 Å². The number of hydrogen-bond acceptors (Lipinski definition) is 3. The van der Waals surface area contributed by atoms with Gasteiger partial charge in [0.15, 0.2) is 0 Å². The molecule has 3 heteroatoms. The molecule has 1 aromatic rings. The second kappa shape index (κ2) is 2.52. The minimum atomic E-state index is -0.325. The van der Waals surface area contributed by atoms with Crippen LogP contribution in [0.1, 0.15) is 6.92 Å². The fourth-order valence-corrected chi connectivity index (χ4v) is 1.37. The van der Waals surface area contributed by atoms with Crippen molar-refractivity contribution in [3.8, 4) is 0 Å². The van der Waals surface area contributed by atoms with Gasteiger partial charge in [-0.25, -0.2) is 0 Å². The lowest BCUT2D eigenvalue weighted by atomic mass is 10.2. The monoisotopic (exact) mass is 178 g/mol. The molecule has 0 bridgehead atoms. The summed E-state index contributed by atoms with van der Waals surface area (Å²) in [6.45, 7) is 1.97. The molecule has 1 atom stereocenters. The van der Waals surface area contributed by atoms with Gasteiger partial charge in [0.25, 0.3) is 0 Å². The summed E-state index contributed by atoms with van der Waals surface area (Å²) in [6.07, 6.45) is 1.80. The molecular weight excluding hydrogens is 168 g/mol. The van der Waals surface area contributed by atoms with Gasteiger partial charge in [-0.15, -0.1) is 12.6 Å². The summed E-state index contributed by atoms with van der Waals surface area (Å²) in [4.78, 5) is 3.96. The molecule has 0 amide bonds. The van der Waals surface area contributed by atoms with Crippen molar-refractivity contribution in [2.24, 2.45) is 4.99 Å². The zero-order valence-corrected chi connectivity index (χ0v) is 7.68. The summed E-state index contributed by atoms with van der Waals surface area (Å²) in [7, 11) is 0. The Labute approximate surface area is 77.1 Å². The molecule has 1 aliphatic heterocycles. The minimum Gasteiger partial charge on any atom is -0.365 e. The number of fused-ring (bicyclic) bond motifs is 1. The van der Waals surface area contributed by atoms with Crippen LogP contribution in [0.5, 0.6) is 0 Å². The summed E-state index contributed by atoms with van der Waals surface area (Å²) in [5.74, 6) is 0. The molecule has 0 fully saturated rings. The number of nitrogens with zero attached hydrogens (tertiary/aromatic N) is 1. The number of rotatable bonds is 0. The fourth-order valence-electron chi connectivity index (χ4n) is 1.19. The molecule has 0 aliphatic carbocycles. The van der Waals surface area contributed by atoms with Crippen LogP contribution in [-0.4, -0.2) is 11.1 Å². The van der Waals surface area contributed by atoms with E-state index in [2.05, 4.69) is 22.9 Å². The van der Waals surface area contributed by atoms with Crippen molar-refractivity contribution < 1.29 is 0 Å². The van der Waals surface area contributed by atoms with Gasteiger partial charge in [-0.1, -0.05) is 12.1 Å². The maximum atomic E-state index is 4.38. The molecule has 12 heavy (non-hydrogen) atoms. The van der Waals surface area contributed by atoms with E-state index in [0.717, 1.165) is 11.4 Å². The van der Waals surface area contributed by atoms with E-state index in [1.807, 2.05) is 31.2 Å². The van der Waals surface area contributed by atoms with Crippen LogP contribution in [-0.2, 0) is 0 Å². The predicted molar refractivity (Wildman–Crippen MR) is 55.6 cm³/mol. The Kier molecular flexibility index (Phi) is 1.61. The number of benzene rings is 1. The van der Waals surface area contributed by atoms with Crippen LogP contribution in [0.25, 0.3) is 0 Å². The van der Waals surface area contributed by atoms with Gasteiger partial charge in [0.2, 0.25) is 0 Å². The van der Waals surface area contributed by atoms with Gasteiger partial charge >= 0.3 is 0 Å². The first kappa shape index (κ1) is 7.68. The molecule has 0 saturated carbocycles. The molecule has 1 unspecified atom stereocenters. The molecule has 0 saturated heterocycles. The number of nitrogens with one attached hydrogen (secondary N) is 1. The molecular formula is C9H10N2S. The lowest BCUT2D eigenvalue weighted by Crippen LogP contribution is -2.31. The highest BCUT2D eigenvalue weighted by molar-refractivity contribution is 7.82. The van der Waals surface area contributed by atoms with Gasteiger partial charge in [0.05, 0.1) is 11.4 Å². The summed E-state index contributed by atoms with van der Waals surface area (Å²) >= 11 is 4.38. The van der Waals surface area contributed by atoms with Gasteiger partial charge < -0.3 is 5.32 Å². The Morgan fingerprint density at radius 1 is 1.42 bits per heavy atom. The number of aliphatic imine (C=N–C) groups is 1. The Hall–Kier alpha value is -0.960. The van der Waals surface area contributed by atoms with E-state index in [1.165, 1.54) is 0 Å². The topological polar surface area (TPSA) is 24.4 Å². The number of hydrogen-bond donors (Lipinski definition) is 2. The summed E-state index contributed by atoms with van der Waals surface area (Å²) < 4.78 is 0. The SMILES string of the molecule is CC1(S)C=Nc2ccccc2N1. The average molecular weight is 178 g/mol. The van der Waals surface area contributed by atoms with E-state index < -0.39 is 0 Å². The zero-order chi connectivity index (χ0) is 8.60. The van der Waals surface area contributed by atoms with Crippen molar-refractivity contribution in [3.05, 3.63) is 24.3 Å². The van der Waals surface area contributed by atoms with Crippen LogP contribution < -0.4 is 5.32 Å². The Bertz CT molecular complexity index is 331. The molecule has 2 rings (SSSR count). The molecule has 1 aliphatic rings. The molecule has 0 radical (unpaired) electrons. The molecule has 1 aromatic carbocycles. The van der Waals surface area contributed by atoms with Crippen LogP contribution in [0.4, 0.5) is 11.4 Å². The van der Waals surface area contributed by atoms with Crippen LogP contribution >= 0.6 is 12.6 Å². The summed E-state index contributed by atoms with van der Waals surface area (Å²) in [5.41, 5.74) is 2.02. The number of anilines is 1. The van der Waals surface area contributed by atoms with E-state index in [9.17, 15) is 0 Å². The number of para-hydroxylation sites is 2. The lowest BCUT2D eigenvalue weighted by molar-refractivity contribution is 0.986. The first-order valence-corrected chi connectivity index (χ1v) is 4.27. The largest absolute Gasteiger partial charge is 0.365 e. The van der Waals surface area contributed by atoms with Gasteiger partial charge in [0, 0.05) is 6.21 Å². The van der Waals surface area contributed by atoms with Gasteiger partial charge in [-0.3, -0.25) is 4.99 Å². The fraction of sp³-hybridized carbons (Fsp3) is 0.222. The molecule has 1 heterocycles. The maximum absolute atomic E-state index is 4.38. The lowest BCUT2D eigenvalue weighted by Gasteiger charge is -2.26. The van der Waals surface area contributed by atoms with Crippen molar-refractivity contribution in [2.75, 3.05) is 5.32 Å². The Balaban J connectivity index is 2.46. The standard InChI is InChI=1S/C9H10N2S/c1-9(12)6-10-7-4-2-3-5-8(7)11-9/h2-6,11-12H,1H3. The average Bonchev–Trinajstić information content (AvgIpc) is 2.02. The summed E-state index contributed by atoms with van der Waals surface area (Å²) in [5, 5.41) is 3.25. The van der Waals surface area contributed by atoms with E-state index in [-0.39, 0.29) is 4.87 Å². The van der Waals surface area contributed by atoms with Crippen LogP contribution in [0, 0.1) is 0 Å². The molecule has 2 nitrogen and oxygen atoms in total. The van der Waals surface area contributed by atoms with E-state index in [0.29, 0.717) is 0 Å². The van der Waals surface area contributed by atoms with Gasteiger partial charge in [0.1, 0.15) is 4.87 Å². The smallest absolute Gasteiger partial charge is 0.114 e. The highest BCUT2D eigenvalue weighted by atomic mass is 32.1. The van der Waals surface area contributed by atoms with Crippen molar-refractivity contribution in [1.29, 1.82) is 0 Å². The summed E-state index contributed by atoms with van der Waals surface area (Å²) in [6, 6.07) is 7.93. The Morgan fingerprint density at radius 2 is 2.17 bits per heavy atom. The van der Waals surface area contributed by atoms with E-state index in [4.69, 9.17) is 0 Å². The molecule has 0 aromatic heterocycles. The molecule has 0 spiro atoms. The minimum absolute atomic E-state index is 0.325. The Morgan fingerprint density at radius 3 is 3.00 bits per heavy atom. The van der Waals surface area contributed by atoms with Crippen molar-refractivity contribution in [1.82, 2.24) is 0 Å². The third-order valence-electron chi connectivity index (χ3n) is 1.75. The third kappa shape index (κ3) is 1.32. The third-order valence-corrected chi connectivity index (χ3v) is 1.97. The second-order valence-corrected chi connectivity index (χ2v) is 3.98.